The van der Waals surface area contributed by atoms with Crippen LogP contribution in [0.1, 0.15) is 16.2 Å². The molecule has 5 nitrogen and oxygen atoms in total. The Morgan fingerprint density at radius 3 is 2.86 bits per heavy atom. The number of carbonyl (C=O) groups excluding carboxylic acids is 1. The van der Waals surface area contributed by atoms with Crippen molar-refractivity contribution in [2.75, 3.05) is 11.6 Å². The van der Waals surface area contributed by atoms with Gasteiger partial charge in [-0.05, 0) is 31.4 Å². The maximum atomic E-state index is 12.1. The van der Waals surface area contributed by atoms with E-state index in [9.17, 15) is 4.79 Å². The number of amides is 1. The summed E-state index contributed by atoms with van der Waals surface area (Å²) in [6.07, 6.45) is 5.05. The molecule has 106 valence electrons. The van der Waals surface area contributed by atoms with Crippen molar-refractivity contribution in [3.05, 3.63) is 42.0 Å². The first kappa shape index (κ1) is 14.0. The van der Waals surface area contributed by atoms with Crippen molar-refractivity contribution in [3.63, 3.8) is 0 Å². The fourth-order valence-electron chi connectivity index (χ4n) is 1.77. The van der Waals surface area contributed by atoms with Crippen LogP contribution in [0, 0.1) is 6.92 Å². The lowest BCUT2D eigenvalue weighted by atomic mass is 10.3. The monoisotopic (exact) mass is 316 g/mol. The number of nitrogens with zero attached hydrogens (tertiary/aromatic N) is 3. The molecule has 0 saturated heterocycles. The average molecular weight is 316 g/mol. The Bertz CT molecular complexity index is 798. The van der Waals surface area contributed by atoms with Crippen LogP contribution in [-0.4, -0.2) is 27.1 Å². The summed E-state index contributed by atoms with van der Waals surface area (Å²) in [7, 11) is 0. The van der Waals surface area contributed by atoms with Gasteiger partial charge in [-0.25, -0.2) is 9.97 Å². The van der Waals surface area contributed by atoms with Crippen molar-refractivity contribution in [1.29, 1.82) is 0 Å². The molecule has 0 radical (unpaired) electrons. The van der Waals surface area contributed by atoms with E-state index < -0.39 is 0 Å². The summed E-state index contributed by atoms with van der Waals surface area (Å²) < 4.78 is 2.06. The Hall–Kier alpha value is -1.99. The van der Waals surface area contributed by atoms with Gasteiger partial charge in [-0.1, -0.05) is 11.8 Å². The van der Waals surface area contributed by atoms with E-state index in [0.29, 0.717) is 5.69 Å². The lowest BCUT2D eigenvalue weighted by molar-refractivity contribution is 0.102. The first-order valence-corrected chi connectivity index (χ1v) is 8.24. The maximum absolute atomic E-state index is 12.1. The molecule has 3 rings (SSSR count). The molecule has 7 heteroatoms. The number of aromatic nitrogens is 3. The minimum Gasteiger partial charge on any atom is -0.321 e. The van der Waals surface area contributed by atoms with Gasteiger partial charge in [0.05, 0.1) is 22.1 Å². The van der Waals surface area contributed by atoms with Gasteiger partial charge in [0, 0.05) is 11.9 Å². The summed E-state index contributed by atoms with van der Waals surface area (Å²) in [5, 5.41) is 2.83. The molecule has 1 amide bonds. The van der Waals surface area contributed by atoms with E-state index in [1.807, 2.05) is 31.4 Å². The molecular weight excluding hydrogens is 304 g/mol. The van der Waals surface area contributed by atoms with Gasteiger partial charge in [0.15, 0.2) is 4.34 Å². The van der Waals surface area contributed by atoms with Gasteiger partial charge in [0.2, 0.25) is 0 Å². The Labute approximate surface area is 129 Å². The van der Waals surface area contributed by atoms with Crippen LogP contribution in [0.25, 0.3) is 10.2 Å². The van der Waals surface area contributed by atoms with Crippen LogP contribution in [0.2, 0.25) is 0 Å². The zero-order valence-corrected chi connectivity index (χ0v) is 13.1. The second-order valence-corrected chi connectivity index (χ2v) is 6.45. The van der Waals surface area contributed by atoms with Crippen LogP contribution in [0.4, 0.5) is 5.69 Å². The Morgan fingerprint density at radius 1 is 1.29 bits per heavy atom. The molecule has 1 N–H and O–H groups in total. The average Bonchev–Trinajstić information content (AvgIpc) is 2.90. The molecule has 2 aromatic heterocycles. The van der Waals surface area contributed by atoms with Crippen molar-refractivity contribution in [2.45, 2.75) is 11.3 Å². The number of hydrogen-bond donors (Lipinski definition) is 1. The number of thiazole rings is 1. The Kier molecular flexibility index (Phi) is 3.85. The van der Waals surface area contributed by atoms with E-state index in [0.717, 1.165) is 25.9 Å². The number of fused-ring (bicyclic) bond motifs is 1. The number of benzene rings is 1. The van der Waals surface area contributed by atoms with Crippen LogP contribution < -0.4 is 5.32 Å². The zero-order chi connectivity index (χ0) is 14.8. The molecule has 0 saturated carbocycles. The fraction of sp³-hybridized carbons (Fsp3) is 0.143. The van der Waals surface area contributed by atoms with E-state index in [2.05, 4.69) is 20.3 Å². The maximum Gasteiger partial charge on any atom is 0.275 e. The smallest absolute Gasteiger partial charge is 0.275 e. The first-order valence-electron chi connectivity index (χ1n) is 6.20. The predicted molar refractivity (Wildman–Crippen MR) is 86.1 cm³/mol. The van der Waals surface area contributed by atoms with E-state index in [-0.39, 0.29) is 5.91 Å². The largest absolute Gasteiger partial charge is 0.321 e. The first-order chi connectivity index (χ1) is 10.2. The van der Waals surface area contributed by atoms with E-state index in [1.165, 1.54) is 6.20 Å². The molecular formula is C14H12N4OS2. The molecule has 2 heterocycles. The second kappa shape index (κ2) is 5.79. The topological polar surface area (TPSA) is 67.8 Å². The van der Waals surface area contributed by atoms with Crippen LogP contribution in [0.3, 0.4) is 0 Å². The molecule has 3 aromatic rings. The molecule has 0 aliphatic heterocycles. The van der Waals surface area contributed by atoms with Crippen LogP contribution in [-0.2, 0) is 0 Å². The van der Waals surface area contributed by atoms with Crippen molar-refractivity contribution >= 4 is 44.9 Å². The number of thioether (sulfide) groups is 1. The Balaban J connectivity index is 1.83. The lowest BCUT2D eigenvalue weighted by Crippen LogP contribution is -2.14. The van der Waals surface area contributed by atoms with Gasteiger partial charge in [-0.2, -0.15) is 0 Å². The van der Waals surface area contributed by atoms with Gasteiger partial charge in [-0.15, -0.1) is 11.3 Å². The van der Waals surface area contributed by atoms with Crippen molar-refractivity contribution in [2.24, 2.45) is 0 Å². The van der Waals surface area contributed by atoms with Crippen LogP contribution >= 0.6 is 23.1 Å². The minimum absolute atomic E-state index is 0.267. The molecule has 0 spiro atoms. The van der Waals surface area contributed by atoms with Gasteiger partial charge in [0.1, 0.15) is 5.69 Å². The number of nitrogens with one attached hydrogen (secondary N) is 1. The standard InChI is InChI=1S/C14H12N4OS2/c1-8-6-16-11(7-15-8)13(19)17-9-3-4-10-12(5-9)21-14(18-10)20-2/h3-7H,1-2H3,(H,17,19). The van der Waals surface area contributed by atoms with Crippen molar-refractivity contribution in [3.8, 4) is 0 Å². The zero-order valence-electron chi connectivity index (χ0n) is 11.5. The lowest BCUT2D eigenvalue weighted by Gasteiger charge is -2.04. The van der Waals surface area contributed by atoms with Crippen molar-refractivity contribution < 1.29 is 4.79 Å². The number of carbonyl (C=O) groups is 1. The summed E-state index contributed by atoms with van der Waals surface area (Å²) in [5.41, 5.74) is 2.75. The molecule has 21 heavy (non-hydrogen) atoms. The highest BCUT2D eigenvalue weighted by Gasteiger charge is 2.09. The van der Waals surface area contributed by atoms with E-state index in [1.54, 1.807) is 29.3 Å². The van der Waals surface area contributed by atoms with Crippen LogP contribution in [0.5, 0.6) is 0 Å². The molecule has 0 fully saturated rings. The third-order valence-electron chi connectivity index (χ3n) is 2.81. The SMILES string of the molecule is CSc1nc2ccc(NC(=O)c3cnc(C)cn3)cc2s1. The summed E-state index contributed by atoms with van der Waals surface area (Å²) in [6.45, 7) is 1.83. The van der Waals surface area contributed by atoms with Gasteiger partial charge in [-0.3, -0.25) is 9.78 Å². The minimum atomic E-state index is -0.267. The fourth-order valence-corrected chi connectivity index (χ4v) is 3.30. The van der Waals surface area contributed by atoms with Crippen LogP contribution in [0.15, 0.2) is 34.9 Å². The molecule has 0 unspecified atom stereocenters. The summed E-state index contributed by atoms with van der Waals surface area (Å²) >= 11 is 3.22. The third-order valence-corrected chi connectivity index (χ3v) is 4.82. The second-order valence-electron chi connectivity index (χ2n) is 4.36. The number of aryl methyl sites for hydroxylation is 1. The molecule has 1 aromatic carbocycles. The Morgan fingerprint density at radius 2 is 2.14 bits per heavy atom. The quantitative estimate of drug-likeness (QED) is 0.750. The highest BCUT2D eigenvalue weighted by atomic mass is 32.2. The van der Waals surface area contributed by atoms with Gasteiger partial charge >= 0.3 is 0 Å². The highest BCUT2D eigenvalue weighted by Crippen LogP contribution is 2.30. The summed E-state index contributed by atoms with van der Waals surface area (Å²) in [5.74, 6) is -0.267. The third kappa shape index (κ3) is 3.03. The predicted octanol–water partition coefficient (Wildman–Crippen LogP) is 3.37. The molecule has 0 aliphatic rings. The normalized spacial score (nSPS) is 10.8. The molecule has 0 aliphatic carbocycles. The van der Waals surface area contributed by atoms with E-state index in [4.69, 9.17) is 0 Å². The number of hydrogen-bond acceptors (Lipinski definition) is 6. The molecule has 0 atom stereocenters. The molecule has 0 bridgehead atoms. The summed E-state index contributed by atoms with van der Waals surface area (Å²) in [6, 6.07) is 5.67. The van der Waals surface area contributed by atoms with Gasteiger partial charge in [0.25, 0.3) is 5.91 Å². The number of rotatable bonds is 3. The van der Waals surface area contributed by atoms with Gasteiger partial charge < -0.3 is 5.32 Å². The van der Waals surface area contributed by atoms with Crippen molar-refractivity contribution in [1.82, 2.24) is 15.0 Å². The summed E-state index contributed by atoms with van der Waals surface area (Å²) in [4.78, 5) is 24.7. The van der Waals surface area contributed by atoms with E-state index >= 15 is 0 Å². The highest BCUT2D eigenvalue weighted by molar-refractivity contribution is 8.00. The number of anilines is 1.